The standard InChI is InChI=1S/C20H14ClN5O7/c21-15-3-8-20(33-12-13-1-4-16(5-2-13)24(27)28)14(9-15)11-22-23-18-7-6-17(25(29)30)10-19(18)26(31)32/h1-11,23H,12H2/b22-11+. The average molecular weight is 472 g/mol. The summed E-state index contributed by atoms with van der Waals surface area (Å²) in [5, 5.41) is 37.2. The Hall–Kier alpha value is -4.58. The summed E-state index contributed by atoms with van der Waals surface area (Å²) in [6.45, 7) is 0.113. The van der Waals surface area contributed by atoms with Crippen LogP contribution in [0.4, 0.5) is 22.7 Å². The number of anilines is 1. The van der Waals surface area contributed by atoms with Gasteiger partial charge < -0.3 is 4.74 Å². The van der Waals surface area contributed by atoms with Crippen molar-refractivity contribution in [2.75, 3.05) is 5.43 Å². The normalized spacial score (nSPS) is 10.7. The molecule has 0 aliphatic rings. The first kappa shape index (κ1) is 23.1. The van der Waals surface area contributed by atoms with E-state index in [9.17, 15) is 30.3 Å². The van der Waals surface area contributed by atoms with E-state index < -0.39 is 26.1 Å². The fourth-order valence-electron chi connectivity index (χ4n) is 2.68. The molecule has 0 saturated heterocycles. The van der Waals surface area contributed by atoms with Gasteiger partial charge in [0.15, 0.2) is 0 Å². The number of hydrogen-bond acceptors (Lipinski definition) is 9. The highest BCUT2D eigenvalue weighted by molar-refractivity contribution is 6.30. The number of nitro benzene ring substituents is 3. The van der Waals surface area contributed by atoms with Crippen molar-refractivity contribution >= 4 is 40.6 Å². The van der Waals surface area contributed by atoms with Crippen molar-refractivity contribution in [3.05, 3.63) is 107 Å². The lowest BCUT2D eigenvalue weighted by Gasteiger charge is -2.10. The molecule has 0 bridgehead atoms. The summed E-state index contributed by atoms with van der Waals surface area (Å²) in [7, 11) is 0. The van der Waals surface area contributed by atoms with Gasteiger partial charge in [-0.2, -0.15) is 5.10 Å². The molecule has 3 aromatic carbocycles. The first-order valence-electron chi connectivity index (χ1n) is 9.12. The van der Waals surface area contributed by atoms with Crippen LogP contribution in [0.1, 0.15) is 11.1 Å². The predicted octanol–water partition coefficient (Wildman–Crippen LogP) is 5.09. The SMILES string of the molecule is O=[N+]([O-])c1ccc(COc2ccc(Cl)cc2/C=N/Nc2ccc([N+](=O)[O-])cc2[N+](=O)[O-])cc1. The number of ether oxygens (including phenoxy) is 1. The lowest BCUT2D eigenvalue weighted by molar-refractivity contribution is -0.393. The highest BCUT2D eigenvalue weighted by atomic mass is 35.5. The molecule has 168 valence electrons. The van der Waals surface area contributed by atoms with E-state index in [0.29, 0.717) is 21.9 Å². The lowest BCUT2D eigenvalue weighted by atomic mass is 10.2. The van der Waals surface area contributed by atoms with Crippen LogP contribution >= 0.6 is 11.6 Å². The molecule has 0 unspecified atom stereocenters. The molecule has 0 aliphatic heterocycles. The topological polar surface area (TPSA) is 163 Å². The first-order chi connectivity index (χ1) is 15.7. The summed E-state index contributed by atoms with van der Waals surface area (Å²) in [6.07, 6.45) is 1.32. The van der Waals surface area contributed by atoms with Crippen LogP contribution in [0.25, 0.3) is 0 Å². The second-order valence-electron chi connectivity index (χ2n) is 6.48. The number of nitro groups is 3. The molecular formula is C20H14ClN5O7. The maximum absolute atomic E-state index is 11.2. The van der Waals surface area contributed by atoms with Gasteiger partial charge in [0.1, 0.15) is 18.0 Å². The van der Waals surface area contributed by atoms with Crippen LogP contribution in [0.2, 0.25) is 5.02 Å². The van der Waals surface area contributed by atoms with Gasteiger partial charge in [-0.25, -0.2) is 0 Å². The van der Waals surface area contributed by atoms with E-state index in [-0.39, 0.29) is 18.0 Å². The molecule has 0 fully saturated rings. The van der Waals surface area contributed by atoms with E-state index in [1.807, 2.05) is 0 Å². The van der Waals surface area contributed by atoms with Gasteiger partial charge in [0.25, 0.3) is 11.4 Å². The van der Waals surface area contributed by atoms with E-state index >= 15 is 0 Å². The third kappa shape index (κ3) is 5.98. The minimum absolute atomic E-state index is 0.0375. The Morgan fingerprint density at radius 1 is 0.879 bits per heavy atom. The van der Waals surface area contributed by atoms with E-state index in [1.54, 1.807) is 30.3 Å². The predicted molar refractivity (Wildman–Crippen MR) is 120 cm³/mol. The van der Waals surface area contributed by atoms with Crippen LogP contribution in [-0.2, 0) is 6.61 Å². The van der Waals surface area contributed by atoms with Crippen LogP contribution in [0.15, 0.2) is 65.8 Å². The Balaban J connectivity index is 1.76. The van der Waals surface area contributed by atoms with Gasteiger partial charge in [-0.1, -0.05) is 11.6 Å². The Morgan fingerprint density at radius 3 is 2.18 bits per heavy atom. The second kappa shape index (κ2) is 10.2. The summed E-state index contributed by atoms with van der Waals surface area (Å²) >= 11 is 6.04. The Labute approximate surface area is 190 Å². The van der Waals surface area contributed by atoms with Gasteiger partial charge in [-0.05, 0) is 42.0 Å². The number of hydrogen-bond donors (Lipinski definition) is 1. The number of benzene rings is 3. The van der Waals surface area contributed by atoms with Crippen LogP contribution in [0.3, 0.4) is 0 Å². The van der Waals surface area contributed by atoms with Gasteiger partial charge in [0, 0.05) is 28.8 Å². The van der Waals surface area contributed by atoms with E-state index in [4.69, 9.17) is 16.3 Å². The summed E-state index contributed by atoms with van der Waals surface area (Å²) in [5.74, 6) is 0.390. The number of nitrogens with zero attached hydrogens (tertiary/aromatic N) is 4. The highest BCUT2D eigenvalue weighted by Gasteiger charge is 2.19. The molecule has 0 aliphatic carbocycles. The minimum atomic E-state index is -0.761. The summed E-state index contributed by atoms with van der Waals surface area (Å²) in [4.78, 5) is 30.8. The lowest BCUT2D eigenvalue weighted by Crippen LogP contribution is -2.01. The van der Waals surface area contributed by atoms with Gasteiger partial charge in [-0.3, -0.25) is 35.8 Å². The highest BCUT2D eigenvalue weighted by Crippen LogP contribution is 2.29. The van der Waals surface area contributed by atoms with Gasteiger partial charge in [-0.15, -0.1) is 0 Å². The number of halogens is 1. The average Bonchev–Trinajstić information content (AvgIpc) is 2.78. The zero-order valence-corrected chi connectivity index (χ0v) is 17.3. The molecule has 0 amide bonds. The van der Waals surface area contributed by atoms with Crippen LogP contribution in [0, 0.1) is 30.3 Å². The van der Waals surface area contributed by atoms with Gasteiger partial charge in [0.2, 0.25) is 0 Å². The molecule has 3 rings (SSSR count). The van der Waals surface area contributed by atoms with Crippen molar-refractivity contribution in [3.63, 3.8) is 0 Å². The van der Waals surface area contributed by atoms with Crippen LogP contribution in [-0.4, -0.2) is 21.0 Å². The second-order valence-corrected chi connectivity index (χ2v) is 6.92. The summed E-state index contributed by atoms with van der Waals surface area (Å²) in [6, 6.07) is 13.7. The molecule has 0 atom stereocenters. The summed E-state index contributed by atoms with van der Waals surface area (Å²) in [5.41, 5.74) is 2.61. The van der Waals surface area contributed by atoms with Crippen molar-refractivity contribution in [2.45, 2.75) is 6.61 Å². The quantitative estimate of drug-likeness (QED) is 0.256. The molecular weight excluding hydrogens is 458 g/mol. The molecule has 13 heteroatoms. The number of hydrazone groups is 1. The molecule has 12 nitrogen and oxygen atoms in total. The maximum Gasteiger partial charge on any atom is 0.301 e. The van der Waals surface area contributed by atoms with Crippen molar-refractivity contribution < 1.29 is 19.5 Å². The van der Waals surface area contributed by atoms with Crippen molar-refractivity contribution in [3.8, 4) is 5.75 Å². The number of non-ortho nitro benzene ring substituents is 2. The van der Waals surface area contributed by atoms with E-state index in [2.05, 4.69) is 10.5 Å². The molecule has 0 heterocycles. The van der Waals surface area contributed by atoms with Crippen LogP contribution in [0.5, 0.6) is 5.75 Å². The first-order valence-corrected chi connectivity index (χ1v) is 9.50. The Kier molecular flexibility index (Phi) is 7.10. The van der Waals surface area contributed by atoms with E-state index in [1.165, 1.54) is 24.4 Å². The monoisotopic (exact) mass is 471 g/mol. The molecule has 0 saturated carbocycles. The molecule has 0 aromatic heterocycles. The Morgan fingerprint density at radius 2 is 1.55 bits per heavy atom. The van der Waals surface area contributed by atoms with Crippen molar-refractivity contribution in [2.24, 2.45) is 5.10 Å². The van der Waals surface area contributed by atoms with Gasteiger partial charge >= 0.3 is 5.69 Å². The zero-order valence-electron chi connectivity index (χ0n) is 16.6. The molecule has 3 aromatic rings. The third-order valence-corrected chi connectivity index (χ3v) is 4.53. The number of nitrogens with one attached hydrogen (secondary N) is 1. The molecule has 1 N–H and O–H groups in total. The third-order valence-electron chi connectivity index (χ3n) is 4.29. The fraction of sp³-hybridized carbons (Fsp3) is 0.0500. The van der Waals surface area contributed by atoms with Crippen LogP contribution < -0.4 is 10.2 Å². The number of rotatable bonds is 9. The fourth-order valence-corrected chi connectivity index (χ4v) is 2.86. The Bertz CT molecular complexity index is 1250. The van der Waals surface area contributed by atoms with Crippen molar-refractivity contribution in [1.82, 2.24) is 0 Å². The molecule has 0 radical (unpaired) electrons. The largest absolute Gasteiger partial charge is 0.488 e. The summed E-state index contributed by atoms with van der Waals surface area (Å²) < 4.78 is 5.75. The van der Waals surface area contributed by atoms with E-state index in [0.717, 1.165) is 12.1 Å². The zero-order chi connectivity index (χ0) is 24.0. The minimum Gasteiger partial charge on any atom is -0.488 e. The molecule has 33 heavy (non-hydrogen) atoms. The smallest absolute Gasteiger partial charge is 0.301 e. The van der Waals surface area contributed by atoms with Crippen molar-refractivity contribution in [1.29, 1.82) is 0 Å². The molecule has 0 spiro atoms. The van der Waals surface area contributed by atoms with Gasteiger partial charge in [0.05, 0.1) is 27.1 Å². The maximum atomic E-state index is 11.2.